The molecule has 2 aromatic rings. The zero-order chi connectivity index (χ0) is 15.8. The van der Waals surface area contributed by atoms with E-state index in [4.69, 9.17) is 5.73 Å². The van der Waals surface area contributed by atoms with Gasteiger partial charge in [-0.05, 0) is 29.3 Å². The Bertz CT molecular complexity index is 640. The van der Waals surface area contributed by atoms with Crippen molar-refractivity contribution in [2.24, 2.45) is 0 Å². The van der Waals surface area contributed by atoms with E-state index in [-0.39, 0.29) is 11.3 Å². The van der Waals surface area contributed by atoms with Gasteiger partial charge in [0.05, 0.1) is 11.1 Å². The fourth-order valence-electron chi connectivity index (χ4n) is 1.86. The molecule has 112 valence electrons. The summed E-state index contributed by atoms with van der Waals surface area (Å²) in [6.07, 6.45) is -9.49. The highest BCUT2D eigenvalue weighted by Crippen LogP contribution is 2.40. The van der Waals surface area contributed by atoms with Gasteiger partial charge < -0.3 is 5.73 Å². The topological polar surface area (TPSA) is 23.8 Å². The summed E-state index contributed by atoms with van der Waals surface area (Å²) < 4.78 is 76.8. The van der Waals surface area contributed by atoms with Gasteiger partial charge in [-0.2, -0.15) is 26.3 Å². The van der Waals surface area contributed by atoms with Gasteiger partial charge in [0.1, 0.15) is 0 Å². The molecule has 0 atom stereocenters. The van der Waals surface area contributed by atoms with E-state index in [0.29, 0.717) is 18.2 Å². The second-order valence-electron chi connectivity index (χ2n) is 4.33. The molecule has 0 radical (unpaired) electrons. The van der Waals surface area contributed by atoms with E-state index in [1.807, 2.05) is 0 Å². The molecule has 1 nitrogen and oxygen atoms in total. The predicted molar refractivity (Wildman–Crippen MR) is 65.9 cm³/mol. The summed E-state index contributed by atoms with van der Waals surface area (Å²) in [5.41, 5.74) is 4.45. The van der Waals surface area contributed by atoms with Crippen LogP contribution in [0.4, 0.5) is 32.0 Å². The van der Waals surface area contributed by atoms with Crippen LogP contribution in [-0.4, -0.2) is 0 Å². The summed E-state index contributed by atoms with van der Waals surface area (Å²) in [5, 5.41) is 0. The number of nitrogens with one attached hydrogen (secondary N) is 1. The molecular formula is C14H8F6N-. The number of hydrogen-bond acceptors (Lipinski definition) is 0. The largest absolute Gasteiger partial charge is 0.699 e. The van der Waals surface area contributed by atoms with E-state index < -0.39 is 29.0 Å². The molecule has 0 aliphatic rings. The number of alkyl halides is 6. The van der Waals surface area contributed by atoms with Crippen LogP contribution < -0.4 is 0 Å². The van der Waals surface area contributed by atoms with Gasteiger partial charge in [-0.1, -0.05) is 24.3 Å². The van der Waals surface area contributed by atoms with Crippen molar-refractivity contribution in [3.63, 3.8) is 0 Å². The first-order valence-electron chi connectivity index (χ1n) is 5.69. The van der Waals surface area contributed by atoms with Crippen molar-refractivity contribution in [3.8, 4) is 11.1 Å². The van der Waals surface area contributed by atoms with Crippen molar-refractivity contribution in [2.75, 3.05) is 0 Å². The molecule has 0 spiro atoms. The molecule has 1 N–H and O–H groups in total. The van der Waals surface area contributed by atoms with E-state index in [2.05, 4.69) is 0 Å². The summed E-state index contributed by atoms with van der Waals surface area (Å²) in [6.45, 7) is 0. The van der Waals surface area contributed by atoms with Crippen molar-refractivity contribution >= 4 is 5.69 Å². The van der Waals surface area contributed by atoms with E-state index in [1.54, 1.807) is 0 Å². The van der Waals surface area contributed by atoms with Gasteiger partial charge in [0.15, 0.2) is 0 Å². The first-order chi connectivity index (χ1) is 9.59. The van der Waals surface area contributed by atoms with Gasteiger partial charge in [0, 0.05) is 0 Å². The standard InChI is InChI=1S/C14H8F6N/c15-13(16,17)9-3-6-12(14(18,19)20)11(7-9)8-1-4-10(21)5-2-8/h1-7,21H/q-1. The summed E-state index contributed by atoms with van der Waals surface area (Å²) in [4.78, 5) is 0. The quantitative estimate of drug-likeness (QED) is 0.571. The minimum absolute atomic E-state index is 0.0237. The predicted octanol–water partition coefficient (Wildman–Crippen LogP) is 6.07. The highest BCUT2D eigenvalue weighted by Gasteiger charge is 2.37. The van der Waals surface area contributed by atoms with Crippen LogP contribution in [0.5, 0.6) is 0 Å². The summed E-state index contributed by atoms with van der Waals surface area (Å²) >= 11 is 0. The summed E-state index contributed by atoms with van der Waals surface area (Å²) in [6, 6.07) is 6.12. The van der Waals surface area contributed by atoms with E-state index in [9.17, 15) is 26.3 Å². The third-order valence-electron chi connectivity index (χ3n) is 2.85. The average Bonchev–Trinajstić information content (AvgIpc) is 2.37. The molecule has 2 rings (SSSR count). The monoisotopic (exact) mass is 304 g/mol. The van der Waals surface area contributed by atoms with Crippen LogP contribution in [-0.2, 0) is 12.4 Å². The van der Waals surface area contributed by atoms with Gasteiger partial charge >= 0.3 is 12.4 Å². The van der Waals surface area contributed by atoms with E-state index >= 15 is 0 Å². The van der Waals surface area contributed by atoms with Crippen molar-refractivity contribution in [2.45, 2.75) is 12.4 Å². The van der Waals surface area contributed by atoms with Crippen LogP contribution in [0.1, 0.15) is 11.1 Å². The Morgan fingerprint density at radius 1 is 0.714 bits per heavy atom. The maximum Gasteiger partial charge on any atom is 0.417 e. The average molecular weight is 304 g/mol. The van der Waals surface area contributed by atoms with Crippen molar-refractivity contribution in [1.82, 2.24) is 0 Å². The molecule has 2 aromatic carbocycles. The molecular weight excluding hydrogens is 296 g/mol. The zero-order valence-corrected chi connectivity index (χ0v) is 10.3. The first-order valence-corrected chi connectivity index (χ1v) is 5.69. The highest BCUT2D eigenvalue weighted by atomic mass is 19.4. The molecule has 0 unspecified atom stereocenters. The summed E-state index contributed by atoms with van der Waals surface area (Å²) in [7, 11) is 0. The smallest absolute Gasteiger partial charge is 0.417 e. The Labute approximate surface area is 116 Å². The van der Waals surface area contributed by atoms with Crippen LogP contribution in [0.25, 0.3) is 16.9 Å². The number of hydrogen-bond donors (Lipinski definition) is 0. The van der Waals surface area contributed by atoms with Crippen LogP contribution in [0.3, 0.4) is 0 Å². The Hall–Kier alpha value is -2.18. The second kappa shape index (κ2) is 4.98. The Kier molecular flexibility index (Phi) is 3.61. The molecule has 7 heteroatoms. The van der Waals surface area contributed by atoms with Crippen LogP contribution in [0, 0.1) is 0 Å². The second-order valence-corrected chi connectivity index (χ2v) is 4.33. The molecule has 0 saturated heterocycles. The SMILES string of the molecule is [NH-]c1ccc(-c2cc(C(F)(F)F)ccc2C(F)(F)F)cc1. The fraction of sp³-hybridized carbons (Fsp3) is 0.143. The lowest BCUT2D eigenvalue weighted by Crippen LogP contribution is -2.11. The minimum Gasteiger partial charge on any atom is -0.699 e. The third kappa shape index (κ3) is 3.29. The lowest BCUT2D eigenvalue weighted by molar-refractivity contribution is -0.141. The Morgan fingerprint density at radius 2 is 1.29 bits per heavy atom. The number of rotatable bonds is 1. The first kappa shape index (κ1) is 15.2. The molecule has 0 aliphatic carbocycles. The lowest BCUT2D eigenvalue weighted by atomic mass is 9.96. The van der Waals surface area contributed by atoms with Gasteiger partial charge in [-0.25, -0.2) is 0 Å². The molecule has 0 bridgehead atoms. The number of halogens is 6. The molecule has 0 fully saturated rings. The van der Waals surface area contributed by atoms with E-state index in [1.165, 1.54) is 24.3 Å². The molecule has 0 heterocycles. The number of benzene rings is 2. The maximum absolute atomic E-state index is 12.9. The van der Waals surface area contributed by atoms with Gasteiger partial charge in [0.25, 0.3) is 0 Å². The van der Waals surface area contributed by atoms with Crippen molar-refractivity contribution < 1.29 is 26.3 Å². The summed E-state index contributed by atoms with van der Waals surface area (Å²) in [5.74, 6) is 0. The lowest BCUT2D eigenvalue weighted by Gasteiger charge is -2.16. The van der Waals surface area contributed by atoms with Gasteiger partial charge in [-0.3, -0.25) is 0 Å². The maximum atomic E-state index is 12.9. The Morgan fingerprint density at radius 3 is 1.76 bits per heavy atom. The zero-order valence-electron chi connectivity index (χ0n) is 10.3. The van der Waals surface area contributed by atoms with Gasteiger partial charge in [-0.15, -0.1) is 5.69 Å². The van der Waals surface area contributed by atoms with Crippen LogP contribution in [0.2, 0.25) is 0 Å². The molecule has 0 aliphatic heterocycles. The molecule has 0 saturated carbocycles. The van der Waals surface area contributed by atoms with Crippen molar-refractivity contribution in [3.05, 3.63) is 59.3 Å². The van der Waals surface area contributed by atoms with Crippen LogP contribution in [0.15, 0.2) is 42.5 Å². The highest BCUT2D eigenvalue weighted by molar-refractivity contribution is 5.70. The fourth-order valence-corrected chi connectivity index (χ4v) is 1.86. The van der Waals surface area contributed by atoms with Crippen molar-refractivity contribution in [1.29, 1.82) is 0 Å². The molecule has 0 aromatic heterocycles. The molecule has 21 heavy (non-hydrogen) atoms. The third-order valence-corrected chi connectivity index (χ3v) is 2.85. The van der Waals surface area contributed by atoms with Gasteiger partial charge in [0.2, 0.25) is 0 Å². The van der Waals surface area contributed by atoms with E-state index in [0.717, 1.165) is 0 Å². The Balaban J connectivity index is 2.67. The van der Waals surface area contributed by atoms with Crippen LogP contribution >= 0.6 is 0 Å². The molecule has 0 amide bonds. The normalized spacial score (nSPS) is 12.5. The minimum atomic E-state index is -4.76.